The number of ether oxygens (including phenoxy) is 1. The largest absolute Gasteiger partial charge is 0.461 e. The van der Waals surface area contributed by atoms with E-state index >= 15 is 0 Å². The summed E-state index contributed by atoms with van der Waals surface area (Å²) >= 11 is 5.68. The average Bonchev–Trinajstić information content (AvgIpc) is 3.09. The van der Waals surface area contributed by atoms with Gasteiger partial charge in [-0.3, -0.25) is 4.79 Å². The second kappa shape index (κ2) is 7.41. The Bertz CT molecular complexity index is 1070. The van der Waals surface area contributed by atoms with Crippen molar-refractivity contribution in [2.45, 2.75) is 76.7 Å². The molecular weight excluding hydrogens is 420 g/mol. The van der Waals surface area contributed by atoms with Gasteiger partial charge in [0.1, 0.15) is 12.0 Å². The van der Waals surface area contributed by atoms with Crippen LogP contribution in [0.25, 0.3) is 11.0 Å². The van der Waals surface area contributed by atoms with E-state index in [1.165, 1.54) is 37.1 Å². The van der Waals surface area contributed by atoms with Crippen LogP contribution < -0.4 is 0 Å². The second-order valence-corrected chi connectivity index (χ2v) is 11.6. The minimum absolute atomic E-state index is 0.0406. The molecule has 1 heterocycles. The Kier molecular flexibility index (Phi) is 4.84. The third-order valence-corrected chi connectivity index (χ3v) is 10.2. The predicted molar refractivity (Wildman–Crippen MR) is 126 cm³/mol. The smallest absolute Gasteiger partial charge is 0.321 e. The maximum Gasteiger partial charge on any atom is 0.321 e. The van der Waals surface area contributed by atoms with Crippen LogP contribution in [0.3, 0.4) is 0 Å². The molecule has 0 radical (unpaired) electrons. The number of esters is 1. The van der Waals surface area contributed by atoms with Crippen LogP contribution in [0.5, 0.6) is 0 Å². The number of benzene rings is 1. The van der Waals surface area contributed by atoms with E-state index in [0.29, 0.717) is 17.3 Å². The first-order chi connectivity index (χ1) is 15.4. The first-order valence-electron chi connectivity index (χ1n) is 12.4. The normalized spacial score (nSPS) is 40.2. The number of para-hydroxylation sites is 2. The Morgan fingerprint density at radius 2 is 1.84 bits per heavy atom. The van der Waals surface area contributed by atoms with Crippen LogP contribution in [-0.2, 0) is 21.4 Å². The van der Waals surface area contributed by atoms with Crippen molar-refractivity contribution in [2.24, 2.45) is 29.1 Å². The molecule has 0 spiro atoms. The molecule has 2 aromatic rings. The van der Waals surface area contributed by atoms with E-state index in [9.17, 15) is 4.79 Å². The van der Waals surface area contributed by atoms with Crippen molar-refractivity contribution in [1.29, 1.82) is 0 Å². The van der Waals surface area contributed by atoms with Crippen molar-refractivity contribution in [3.63, 3.8) is 0 Å². The number of hydrogen-bond acceptors (Lipinski definition) is 4. The molecule has 3 fully saturated rings. The van der Waals surface area contributed by atoms with Gasteiger partial charge in [0, 0.05) is 5.41 Å². The number of halogens is 1. The van der Waals surface area contributed by atoms with Crippen molar-refractivity contribution in [1.82, 2.24) is 9.97 Å². The summed E-state index contributed by atoms with van der Waals surface area (Å²) in [6.45, 7) is 5.02. The minimum Gasteiger partial charge on any atom is -0.461 e. The lowest BCUT2D eigenvalue weighted by Gasteiger charge is -2.60. The summed E-state index contributed by atoms with van der Waals surface area (Å²) in [5, 5.41) is 0. The number of aromatic nitrogens is 2. The van der Waals surface area contributed by atoms with E-state index in [4.69, 9.17) is 26.3 Å². The summed E-state index contributed by atoms with van der Waals surface area (Å²) < 4.78 is 5.65. The van der Waals surface area contributed by atoms with Crippen LogP contribution in [0.15, 0.2) is 24.3 Å². The highest BCUT2D eigenvalue weighted by Gasteiger charge is 2.60. The van der Waals surface area contributed by atoms with Gasteiger partial charge in [0.05, 0.1) is 22.4 Å². The molecule has 1 aromatic heterocycles. The molecule has 5 heteroatoms. The molecule has 170 valence electrons. The zero-order valence-electron chi connectivity index (χ0n) is 19.1. The van der Waals surface area contributed by atoms with Crippen LogP contribution in [0, 0.1) is 29.1 Å². The Hall–Kier alpha value is -1.68. The summed E-state index contributed by atoms with van der Waals surface area (Å²) in [7, 11) is 0. The Morgan fingerprint density at radius 3 is 2.62 bits per heavy atom. The molecule has 0 bridgehead atoms. The monoisotopic (exact) mass is 452 g/mol. The van der Waals surface area contributed by atoms with Gasteiger partial charge in [-0.2, -0.15) is 0 Å². The molecule has 0 amide bonds. The molecule has 3 saturated carbocycles. The van der Waals surface area contributed by atoms with Gasteiger partial charge in [-0.1, -0.05) is 26.0 Å². The van der Waals surface area contributed by atoms with Gasteiger partial charge in [0.25, 0.3) is 0 Å². The molecule has 1 aromatic carbocycles. The van der Waals surface area contributed by atoms with Crippen molar-refractivity contribution in [2.75, 3.05) is 5.88 Å². The summed E-state index contributed by atoms with van der Waals surface area (Å²) in [4.78, 5) is 22.0. The highest BCUT2D eigenvalue weighted by atomic mass is 35.5. The van der Waals surface area contributed by atoms with Gasteiger partial charge in [-0.25, -0.2) is 9.97 Å². The van der Waals surface area contributed by atoms with Gasteiger partial charge in [0.15, 0.2) is 0 Å². The molecule has 0 aliphatic heterocycles. The summed E-state index contributed by atoms with van der Waals surface area (Å²) in [5.41, 5.74) is 5.11. The highest BCUT2D eigenvalue weighted by Crippen LogP contribution is 2.65. The molecular formula is C27H33ClN2O2. The summed E-state index contributed by atoms with van der Waals surface area (Å²) in [6.07, 6.45) is 9.33. The average molecular weight is 453 g/mol. The quantitative estimate of drug-likeness (QED) is 0.424. The third-order valence-electron chi connectivity index (χ3n) is 10.0. The molecule has 6 rings (SSSR count). The topological polar surface area (TPSA) is 52.1 Å². The number of hydrogen-bond donors (Lipinski definition) is 0. The van der Waals surface area contributed by atoms with Crippen LogP contribution in [-0.4, -0.2) is 27.9 Å². The van der Waals surface area contributed by atoms with Gasteiger partial charge in [-0.05, 0) is 92.6 Å². The number of fused-ring (bicyclic) bond motifs is 8. The van der Waals surface area contributed by atoms with E-state index in [1.54, 1.807) is 0 Å². The molecule has 7 atom stereocenters. The highest BCUT2D eigenvalue weighted by molar-refractivity contribution is 6.26. The Labute approximate surface area is 195 Å². The molecule has 4 aliphatic carbocycles. The fourth-order valence-corrected chi connectivity index (χ4v) is 8.44. The Balaban J connectivity index is 1.28. The number of nitrogens with zero attached hydrogens (tertiary/aromatic N) is 2. The lowest BCUT2D eigenvalue weighted by Crippen LogP contribution is -2.54. The zero-order chi connectivity index (χ0) is 22.1. The first-order valence-corrected chi connectivity index (χ1v) is 13.0. The van der Waals surface area contributed by atoms with Crippen molar-refractivity contribution in [3.05, 3.63) is 35.7 Å². The van der Waals surface area contributed by atoms with Crippen molar-refractivity contribution in [3.8, 4) is 0 Å². The second-order valence-electron chi connectivity index (χ2n) is 11.3. The predicted octanol–water partition coefficient (Wildman–Crippen LogP) is 5.84. The number of alkyl halides is 1. The zero-order valence-corrected chi connectivity index (χ0v) is 19.9. The summed E-state index contributed by atoms with van der Waals surface area (Å²) in [6, 6.07) is 8.33. The SMILES string of the molecule is C[C@]12CCC3C(CC[C@H]4C[C@@H](OC(=O)CCl)CC[C@]34C)[C@@H]1Cc1nc3ccccc3nc12. The van der Waals surface area contributed by atoms with Gasteiger partial charge >= 0.3 is 5.97 Å². The molecule has 0 N–H and O–H groups in total. The molecule has 4 nitrogen and oxygen atoms in total. The fourth-order valence-electron chi connectivity index (χ4n) is 8.38. The fraction of sp³-hybridized carbons (Fsp3) is 0.667. The lowest BCUT2D eigenvalue weighted by molar-refractivity contribution is -0.157. The summed E-state index contributed by atoms with van der Waals surface area (Å²) in [5.74, 6) is 2.50. The maximum absolute atomic E-state index is 11.7. The number of carbonyl (C=O) groups is 1. The number of carbonyl (C=O) groups excluding carboxylic acids is 1. The van der Waals surface area contributed by atoms with E-state index in [1.807, 2.05) is 0 Å². The van der Waals surface area contributed by atoms with Gasteiger partial charge in [0.2, 0.25) is 0 Å². The molecule has 4 aliphatic rings. The van der Waals surface area contributed by atoms with Crippen LogP contribution in [0.1, 0.15) is 70.2 Å². The van der Waals surface area contributed by atoms with Gasteiger partial charge < -0.3 is 4.74 Å². The van der Waals surface area contributed by atoms with Crippen LogP contribution in [0.2, 0.25) is 0 Å². The molecule has 2 unspecified atom stereocenters. The maximum atomic E-state index is 11.7. The van der Waals surface area contributed by atoms with E-state index in [0.717, 1.165) is 48.6 Å². The van der Waals surface area contributed by atoms with Crippen molar-refractivity contribution >= 4 is 28.6 Å². The van der Waals surface area contributed by atoms with Gasteiger partial charge in [-0.15, -0.1) is 11.6 Å². The van der Waals surface area contributed by atoms with E-state index in [2.05, 4.69) is 38.1 Å². The van der Waals surface area contributed by atoms with E-state index in [-0.39, 0.29) is 23.4 Å². The minimum atomic E-state index is -0.265. The number of rotatable bonds is 2. The lowest BCUT2D eigenvalue weighted by atomic mass is 9.45. The third kappa shape index (κ3) is 2.97. The Morgan fingerprint density at radius 1 is 1.06 bits per heavy atom. The van der Waals surface area contributed by atoms with Crippen LogP contribution >= 0.6 is 11.6 Å². The standard InChI is InChI=1S/C27H33ClN2O2/c1-26-11-9-17(32-24(31)15-28)13-16(26)7-8-18-19(26)10-12-27(2)20(18)14-23-25(27)30-22-6-4-3-5-21(22)29-23/h3-6,16-20H,7-15H2,1-2H3/t16-,17-,18?,19?,20-,26-,27-/m0/s1. The molecule has 32 heavy (non-hydrogen) atoms. The first kappa shape index (κ1) is 20.9. The van der Waals surface area contributed by atoms with Crippen LogP contribution in [0.4, 0.5) is 0 Å². The molecule has 0 saturated heterocycles. The van der Waals surface area contributed by atoms with E-state index < -0.39 is 0 Å². The van der Waals surface area contributed by atoms with Crippen molar-refractivity contribution < 1.29 is 9.53 Å².